The third-order valence-corrected chi connectivity index (χ3v) is 5.56. The SMILES string of the molecule is CCc1nc(S/C(=C\c2c(-c3ccccc3)[nH]c3c(C)cccc23)C(=O)O)n[nH]1. The number of aliphatic carboxylic acids is 1. The summed E-state index contributed by atoms with van der Waals surface area (Å²) in [5.74, 6) is -0.288. The molecule has 4 rings (SSSR count). The summed E-state index contributed by atoms with van der Waals surface area (Å²) in [6, 6.07) is 15.9. The van der Waals surface area contributed by atoms with Crippen molar-refractivity contribution in [3.8, 4) is 11.3 Å². The molecule has 0 amide bonds. The zero-order valence-electron chi connectivity index (χ0n) is 16.1. The van der Waals surface area contributed by atoms with Gasteiger partial charge in [-0.2, -0.15) is 0 Å². The molecule has 2 aromatic carbocycles. The number of aromatic nitrogens is 4. The van der Waals surface area contributed by atoms with Gasteiger partial charge in [0.15, 0.2) is 0 Å². The summed E-state index contributed by atoms with van der Waals surface area (Å²) >= 11 is 1.04. The quantitative estimate of drug-likeness (QED) is 0.309. The van der Waals surface area contributed by atoms with Crippen molar-refractivity contribution in [1.82, 2.24) is 20.2 Å². The van der Waals surface area contributed by atoms with E-state index in [9.17, 15) is 9.90 Å². The maximum Gasteiger partial charge on any atom is 0.342 e. The second-order valence-corrected chi connectivity index (χ2v) is 7.62. The molecule has 7 heteroatoms. The number of hydrogen-bond donors (Lipinski definition) is 3. The van der Waals surface area contributed by atoms with Gasteiger partial charge in [0.1, 0.15) is 10.7 Å². The topological polar surface area (TPSA) is 94.7 Å². The van der Waals surface area contributed by atoms with Gasteiger partial charge in [0.05, 0.1) is 5.69 Å². The van der Waals surface area contributed by atoms with E-state index in [1.165, 1.54) is 0 Å². The number of carbonyl (C=O) groups is 1. The molecule has 0 aliphatic rings. The summed E-state index contributed by atoms with van der Waals surface area (Å²) in [5.41, 5.74) is 4.82. The fourth-order valence-corrected chi connectivity index (χ4v) is 3.92. The first-order chi connectivity index (χ1) is 14.1. The Morgan fingerprint density at radius 3 is 2.66 bits per heavy atom. The van der Waals surface area contributed by atoms with Crippen LogP contribution in [0.15, 0.2) is 58.6 Å². The molecule has 6 nitrogen and oxygen atoms in total. The highest BCUT2D eigenvalue weighted by atomic mass is 32.2. The van der Waals surface area contributed by atoms with Crippen LogP contribution in [0.5, 0.6) is 0 Å². The molecule has 0 aliphatic carbocycles. The Labute approximate surface area is 172 Å². The Morgan fingerprint density at radius 1 is 1.17 bits per heavy atom. The van der Waals surface area contributed by atoms with Crippen LogP contribution >= 0.6 is 11.8 Å². The molecule has 0 unspecified atom stereocenters. The minimum absolute atomic E-state index is 0.159. The van der Waals surface area contributed by atoms with Crippen molar-refractivity contribution in [2.75, 3.05) is 0 Å². The van der Waals surface area contributed by atoms with E-state index >= 15 is 0 Å². The number of nitrogens with zero attached hydrogens (tertiary/aromatic N) is 2. The molecule has 0 aliphatic heterocycles. The predicted molar refractivity (Wildman–Crippen MR) is 116 cm³/mol. The third kappa shape index (κ3) is 3.82. The fraction of sp³-hybridized carbons (Fsp3) is 0.136. The summed E-state index contributed by atoms with van der Waals surface area (Å²) in [6.45, 7) is 4.00. The summed E-state index contributed by atoms with van der Waals surface area (Å²) in [4.78, 5) is 20.0. The lowest BCUT2D eigenvalue weighted by Gasteiger charge is -2.03. The van der Waals surface area contributed by atoms with Gasteiger partial charge in [-0.1, -0.05) is 55.5 Å². The van der Waals surface area contributed by atoms with Crippen molar-refractivity contribution in [2.24, 2.45) is 0 Å². The van der Waals surface area contributed by atoms with Gasteiger partial charge >= 0.3 is 5.97 Å². The Morgan fingerprint density at radius 2 is 1.97 bits per heavy atom. The minimum atomic E-state index is -1.01. The molecule has 0 saturated heterocycles. The number of fused-ring (bicyclic) bond motifs is 1. The number of aryl methyl sites for hydroxylation is 2. The van der Waals surface area contributed by atoms with Crippen molar-refractivity contribution in [3.63, 3.8) is 0 Å². The van der Waals surface area contributed by atoms with Crippen molar-refractivity contribution < 1.29 is 9.90 Å². The molecule has 29 heavy (non-hydrogen) atoms. The van der Waals surface area contributed by atoms with Gasteiger partial charge in [-0.3, -0.25) is 5.10 Å². The maximum absolute atomic E-state index is 12.0. The number of H-pyrrole nitrogens is 2. The molecular formula is C22H20N4O2S. The molecule has 0 bridgehead atoms. The van der Waals surface area contributed by atoms with Crippen LogP contribution in [0.2, 0.25) is 0 Å². The highest BCUT2D eigenvalue weighted by molar-refractivity contribution is 8.04. The van der Waals surface area contributed by atoms with Gasteiger partial charge in [-0.15, -0.1) is 5.10 Å². The van der Waals surface area contributed by atoms with E-state index in [0.717, 1.165) is 50.9 Å². The number of nitrogens with one attached hydrogen (secondary N) is 2. The smallest absolute Gasteiger partial charge is 0.342 e. The number of para-hydroxylation sites is 1. The van der Waals surface area contributed by atoms with Crippen LogP contribution in [0, 0.1) is 6.92 Å². The van der Waals surface area contributed by atoms with Crippen molar-refractivity contribution in [2.45, 2.75) is 25.4 Å². The zero-order chi connectivity index (χ0) is 20.4. The van der Waals surface area contributed by atoms with Crippen molar-refractivity contribution in [1.29, 1.82) is 0 Å². The second kappa shape index (κ2) is 7.97. The summed E-state index contributed by atoms with van der Waals surface area (Å²) in [7, 11) is 0. The largest absolute Gasteiger partial charge is 0.477 e. The number of benzene rings is 2. The van der Waals surface area contributed by atoms with Gasteiger partial charge in [-0.25, -0.2) is 9.78 Å². The monoisotopic (exact) mass is 404 g/mol. The van der Waals surface area contributed by atoms with E-state index in [0.29, 0.717) is 11.6 Å². The van der Waals surface area contributed by atoms with E-state index in [1.54, 1.807) is 6.08 Å². The van der Waals surface area contributed by atoms with Gasteiger partial charge in [-0.05, 0) is 35.9 Å². The van der Waals surface area contributed by atoms with Gasteiger partial charge in [0.25, 0.3) is 0 Å². The van der Waals surface area contributed by atoms with Crippen LogP contribution in [0.4, 0.5) is 0 Å². The minimum Gasteiger partial charge on any atom is -0.477 e. The highest BCUT2D eigenvalue weighted by Gasteiger charge is 2.18. The van der Waals surface area contributed by atoms with E-state index < -0.39 is 5.97 Å². The van der Waals surface area contributed by atoms with Gasteiger partial charge < -0.3 is 10.1 Å². The Hall–Kier alpha value is -3.32. The second-order valence-electron chi connectivity index (χ2n) is 6.61. The predicted octanol–water partition coefficient (Wildman–Crippen LogP) is 5.04. The number of thioether (sulfide) groups is 1. The van der Waals surface area contributed by atoms with Crippen molar-refractivity contribution >= 4 is 34.7 Å². The average Bonchev–Trinajstić information content (AvgIpc) is 3.33. The molecule has 0 fully saturated rings. The molecule has 4 aromatic rings. The first-order valence-corrected chi connectivity index (χ1v) is 10.1. The first-order valence-electron chi connectivity index (χ1n) is 9.27. The molecule has 2 heterocycles. The van der Waals surface area contributed by atoms with Crippen LogP contribution in [-0.2, 0) is 11.2 Å². The fourth-order valence-electron chi connectivity index (χ4n) is 3.21. The lowest BCUT2D eigenvalue weighted by Crippen LogP contribution is -1.97. The van der Waals surface area contributed by atoms with Crippen LogP contribution in [-0.4, -0.2) is 31.2 Å². The van der Waals surface area contributed by atoms with Crippen LogP contribution in [0.1, 0.15) is 23.9 Å². The Balaban J connectivity index is 1.88. The van der Waals surface area contributed by atoms with E-state index in [4.69, 9.17) is 0 Å². The average molecular weight is 404 g/mol. The molecule has 3 N–H and O–H groups in total. The first kappa shape index (κ1) is 19.0. The summed E-state index contributed by atoms with van der Waals surface area (Å²) < 4.78 is 0. The Kier molecular flexibility index (Phi) is 5.22. The van der Waals surface area contributed by atoms with E-state index in [-0.39, 0.29) is 4.91 Å². The molecule has 0 radical (unpaired) electrons. The standard InChI is InChI=1S/C22H20N4O2S/c1-3-18-23-22(26-25-18)29-17(21(27)28)12-16-15-11-7-8-13(2)19(15)24-20(16)14-9-5-4-6-10-14/h4-12,24H,3H2,1-2H3,(H,27,28)(H,23,25,26)/b17-12-. The molecule has 0 atom stereocenters. The van der Waals surface area contributed by atoms with Crippen LogP contribution in [0.3, 0.4) is 0 Å². The van der Waals surface area contributed by atoms with Gasteiger partial charge in [0.2, 0.25) is 5.16 Å². The number of hydrogen-bond acceptors (Lipinski definition) is 4. The van der Waals surface area contributed by atoms with Crippen molar-refractivity contribution in [3.05, 3.63) is 70.4 Å². The summed E-state index contributed by atoms with van der Waals surface area (Å²) in [6.07, 6.45) is 2.41. The Bertz CT molecular complexity index is 1210. The number of carboxylic acid groups (broad SMARTS) is 1. The zero-order valence-corrected chi connectivity index (χ0v) is 16.9. The van der Waals surface area contributed by atoms with Crippen LogP contribution < -0.4 is 0 Å². The summed E-state index contributed by atoms with van der Waals surface area (Å²) in [5, 5.41) is 18.1. The normalized spacial score (nSPS) is 11.9. The lowest BCUT2D eigenvalue weighted by molar-refractivity contribution is -0.131. The molecular weight excluding hydrogens is 384 g/mol. The number of rotatable bonds is 6. The lowest BCUT2D eigenvalue weighted by atomic mass is 10.0. The maximum atomic E-state index is 12.0. The third-order valence-electron chi connectivity index (χ3n) is 4.68. The van der Waals surface area contributed by atoms with E-state index in [1.807, 2.05) is 62.4 Å². The number of aromatic amines is 2. The van der Waals surface area contributed by atoms with Crippen LogP contribution in [0.25, 0.3) is 28.2 Å². The molecule has 0 spiro atoms. The molecule has 0 saturated carbocycles. The molecule has 2 aromatic heterocycles. The number of carboxylic acids is 1. The highest BCUT2D eigenvalue weighted by Crippen LogP contribution is 2.35. The van der Waals surface area contributed by atoms with Gasteiger partial charge in [0, 0.05) is 22.9 Å². The van der Waals surface area contributed by atoms with E-state index in [2.05, 4.69) is 20.2 Å². The molecule has 146 valence electrons.